The molecule has 1 heterocycles. The summed E-state index contributed by atoms with van der Waals surface area (Å²) in [5, 5.41) is 0. The van der Waals surface area contributed by atoms with Gasteiger partial charge in [0.25, 0.3) is 6.43 Å². The van der Waals surface area contributed by atoms with Gasteiger partial charge in [-0.2, -0.15) is 13.2 Å². The van der Waals surface area contributed by atoms with Crippen LogP contribution < -0.4 is 4.74 Å². The molecule has 1 aromatic rings. The molecule has 0 saturated carbocycles. The zero-order valence-corrected chi connectivity index (χ0v) is 9.87. The molecule has 0 unspecified atom stereocenters. The first-order valence-electron chi connectivity index (χ1n) is 4.66. The van der Waals surface area contributed by atoms with E-state index in [4.69, 9.17) is 11.6 Å². The lowest BCUT2D eigenvalue weighted by Crippen LogP contribution is -2.21. The quantitative estimate of drug-likeness (QED) is 0.593. The van der Waals surface area contributed by atoms with Crippen molar-refractivity contribution in [3.63, 3.8) is 0 Å². The minimum Gasteiger partial charge on any atom is -0.405 e. The number of ether oxygens (including phenoxy) is 1. The van der Waals surface area contributed by atoms with Crippen LogP contribution in [-0.4, -0.2) is 11.3 Å². The van der Waals surface area contributed by atoms with Gasteiger partial charge in [0.05, 0.1) is 17.1 Å². The summed E-state index contributed by atoms with van der Waals surface area (Å²) in [4.78, 5) is 2.79. The molecule has 1 aromatic heterocycles. The molecule has 0 atom stereocenters. The van der Waals surface area contributed by atoms with E-state index in [0.29, 0.717) is 0 Å². The summed E-state index contributed by atoms with van der Waals surface area (Å²) in [6.45, 7) is 0. The van der Waals surface area contributed by atoms with Gasteiger partial charge in [0, 0.05) is 6.07 Å². The third-order valence-electron chi connectivity index (χ3n) is 1.92. The molecule has 114 valence electrons. The van der Waals surface area contributed by atoms with E-state index in [9.17, 15) is 35.1 Å². The maximum atomic E-state index is 12.6. The first-order valence-corrected chi connectivity index (χ1v) is 5.20. The van der Waals surface area contributed by atoms with E-state index in [1.54, 1.807) is 0 Å². The van der Waals surface area contributed by atoms with Crippen molar-refractivity contribution in [1.82, 2.24) is 4.98 Å². The third kappa shape index (κ3) is 4.09. The molecule has 0 fully saturated rings. The van der Waals surface area contributed by atoms with Gasteiger partial charge in [-0.3, -0.25) is 0 Å². The third-order valence-corrected chi connectivity index (χ3v) is 2.20. The maximum absolute atomic E-state index is 12.6. The van der Waals surface area contributed by atoms with Crippen LogP contribution in [0.3, 0.4) is 0 Å². The Morgan fingerprint density at radius 3 is 2.05 bits per heavy atom. The fourth-order valence-electron chi connectivity index (χ4n) is 1.29. The van der Waals surface area contributed by atoms with Crippen molar-refractivity contribution >= 4 is 11.6 Å². The van der Waals surface area contributed by atoms with E-state index in [-0.39, 0.29) is 6.07 Å². The lowest BCUT2D eigenvalue weighted by Gasteiger charge is -2.18. The first kappa shape index (κ1) is 16.7. The first-order chi connectivity index (χ1) is 8.95. The highest BCUT2D eigenvalue weighted by Gasteiger charge is 2.42. The molecule has 0 N–H and O–H groups in total. The van der Waals surface area contributed by atoms with Gasteiger partial charge < -0.3 is 4.74 Å². The lowest BCUT2D eigenvalue weighted by molar-refractivity contribution is -0.275. The molecule has 2 nitrogen and oxygen atoms in total. The summed E-state index contributed by atoms with van der Waals surface area (Å²) < 4.78 is 102. The monoisotopic (exact) mass is 329 g/mol. The van der Waals surface area contributed by atoms with E-state index in [0.717, 1.165) is 0 Å². The van der Waals surface area contributed by atoms with Crippen molar-refractivity contribution in [3.05, 3.63) is 23.0 Å². The number of pyridine rings is 1. The minimum absolute atomic E-state index is 0.289. The van der Waals surface area contributed by atoms with Crippen LogP contribution in [-0.2, 0) is 12.1 Å². The zero-order chi connectivity index (χ0) is 15.7. The maximum Gasteiger partial charge on any atom is 0.573 e. The van der Waals surface area contributed by atoms with Crippen LogP contribution in [0.5, 0.6) is 5.75 Å². The molecule has 0 radical (unpaired) electrons. The van der Waals surface area contributed by atoms with Crippen molar-refractivity contribution in [2.75, 3.05) is 0 Å². The highest BCUT2D eigenvalue weighted by atomic mass is 35.5. The van der Waals surface area contributed by atoms with Gasteiger partial charge in [0.1, 0.15) is 5.75 Å². The fraction of sp³-hybridized carbons (Fsp3) is 0.444. The number of hydrogen-bond donors (Lipinski definition) is 0. The number of nitrogens with zero attached hydrogens (tertiary/aromatic N) is 1. The average Bonchev–Trinajstić information content (AvgIpc) is 2.23. The van der Waals surface area contributed by atoms with Gasteiger partial charge in [-0.25, -0.2) is 13.8 Å². The molecular formula is C9H4ClF8NO. The molecule has 0 saturated heterocycles. The van der Waals surface area contributed by atoms with Crippen LogP contribution in [0.2, 0.25) is 0 Å². The van der Waals surface area contributed by atoms with Crippen molar-refractivity contribution in [2.24, 2.45) is 0 Å². The summed E-state index contributed by atoms with van der Waals surface area (Å²) in [6.07, 6.45) is -14.7. The van der Waals surface area contributed by atoms with Crippen LogP contribution in [0, 0.1) is 0 Å². The Labute approximate surface area is 111 Å². The molecule has 0 aliphatic rings. The van der Waals surface area contributed by atoms with Gasteiger partial charge >= 0.3 is 12.5 Å². The summed E-state index contributed by atoms with van der Waals surface area (Å²) in [5.74, 6) is -2.38. The predicted octanol–water partition coefficient (Wildman–Crippen LogP) is 4.68. The zero-order valence-electron chi connectivity index (χ0n) is 9.12. The Bertz CT molecular complexity index is 484. The van der Waals surface area contributed by atoms with Gasteiger partial charge in [-0.1, -0.05) is 0 Å². The van der Waals surface area contributed by atoms with Crippen LogP contribution in [0.4, 0.5) is 35.1 Å². The molecule has 0 amide bonds. The number of alkyl halides is 9. The minimum atomic E-state index is -5.43. The van der Waals surface area contributed by atoms with Crippen LogP contribution in [0.1, 0.15) is 23.4 Å². The predicted molar refractivity (Wildman–Crippen MR) is 50.4 cm³/mol. The number of halogens is 9. The highest BCUT2D eigenvalue weighted by Crippen LogP contribution is 2.41. The Balaban J connectivity index is 3.55. The molecule has 1 rings (SSSR count). The van der Waals surface area contributed by atoms with Gasteiger partial charge in [0.15, 0.2) is 5.69 Å². The Kier molecular flexibility index (Phi) is 4.67. The van der Waals surface area contributed by atoms with Gasteiger partial charge in [0.2, 0.25) is 0 Å². The fourth-order valence-corrected chi connectivity index (χ4v) is 1.42. The Hall–Kier alpha value is -1.32. The standard InChI is InChI=1S/C9H4ClF8NO/c10-2-3-1-4(20-9(16,17)18)5(7(11)12)6(19-3)8(13,14)15/h1,7H,2H2. The van der Waals surface area contributed by atoms with Gasteiger partial charge in [-0.15, -0.1) is 24.8 Å². The van der Waals surface area contributed by atoms with E-state index in [2.05, 4.69) is 9.72 Å². The number of rotatable bonds is 3. The molecular weight excluding hydrogens is 326 g/mol. The second kappa shape index (κ2) is 5.58. The van der Waals surface area contributed by atoms with Crippen molar-refractivity contribution in [3.8, 4) is 5.75 Å². The Morgan fingerprint density at radius 1 is 1.15 bits per heavy atom. The van der Waals surface area contributed by atoms with Crippen LogP contribution >= 0.6 is 11.6 Å². The topological polar surface area (TPSA) is 22.1 Å². The van der Waals surface area contributed by atoms with Gasteiger partial charge in [-0.05, 0) is 0 Å². The molecule has 0 aliphatic carbocycles. The SMILES string of the molecule is FC(F)c1c(OC(F)(F)F)cc(CCl)nc1C(F)(F)F. The summed E-state index contributed by atoms with van der Waals surface area (Å²) >= 11 is 5.17. The van der Waals surface area contributed by atoms with E-state index in [1.165, 1.54) is 0 Å². The molecule has 11 heteroatoms. The largest absolute Gasteiger partial charge is 0.573 e. The number of hydrogen-bond acceptors (Lipinski definition) is 2. The molecule has 0 bridgehead atoms. The van der Waals surface area contributed by atoms with Crippen LogP contribution in [0.25, 0.3) is 0 Å². The van der Waals surface area contributed by atoms with Crippen molar-refractivity contribution in [1.29, 1.82) is 0 Å². The smallest absolute Gasteiger partial charge is 0.405 e. The average molecular weight is 330 g/mol. The molecule has 0 aliphatic heterocycles. The van der Waals surface area contributed by atoms with Crippen molar-refractivity contribution in [2.45, 2.75) is 24.8 Å². The molecule has 0 spiro atoms. The van der Waals surface area contributed by atoms with E-state index >= 15 is 0 Å². The van der Waals surface area contributed by atoms with Crippen LogP contribution in [0.15, 0.2) is 6.07 Å². The molecule has 0 aromatic carbocycles. The Morgan fingerprint density at radius 2 is 1.70 bits per heavy atom. The second-order valence-corrected chi connectivity index (χ2v) is 3.62. The second-order valence-electron chi connectivity index (χ2n) is 3.35. The normalized spacial score (nSPS) is 12.9. The molecule has 20 heavy (non-hydrogen) atoms. The summed E-state index contributed by atoms with van der Waals surface area (Å²) in [7, 11) is 0. The number of aromatic nitrogens is 1. The lowest BCUT2D eigenvalue weighted by atomic mass is 10.1. The summed E-state index contributed by atoms with van der Waals surface area (Å²) in [5.41, 5.74) is -4.82. The van der Waals surface area contributed by atoms with E-state index < -0.39 is 47.5 Å². The van der Waals surface area contributed by atoms with E-state index in [1.807, 2.05) is 0 Å². The van der Waals surface area contributed by atoms with Crippen molar-refractivity contribution < 1.29 is 39.9 Å². The summed E-state index contributed by atoms with van der Waals surface area (Å²) in [6, 6.07) is 0.289. The highest BCUT2D eigenvalue weighted by molar-refractivity contribution is 6.16.